The molecule has 0 spiro atoms. The van der Waals surface area contributed by atoms with Crippen LogP contribution in [0, 0.1) is 0 Å². The number of hydrogen-bond donors (Lipinski definition) is 1. The van der Waals surface area contributed by atoms with Crippen LogP contribution in [-0.4, -0.2) is 29.8 Å². The van der Waals surface area contributed by atoms with Gasteiger partial charge in [0.2, 0.25) is 5.82 Å². The zero-order valence-electron chi connectivity index (χ0n) is 9.30. The third kappa shape index (κ3) is 2.20. The Bertz CT molecular complexity index is 478. The third-order valence-electron chi connectivity index (χ3n) is 2.68. The number of benzene rings is 1. The minimum atomic E-state index is -0.107. The van der Waals surface area contributed by atoms with Gasteiger partial charge in [-0.25, -0.2) is 0 Å². The monoisotopic (exact) mass is 231 g/mol. The van der Waals surface area contributed by atoms with E-state index < -0.39 is 0 Å². The highest BCUT2D eigenvalue weighted by atomic mass is 16.5. The predicted octanol–water partition coefficient (Wildman–Crippen LogP) is 1.40. The molecule has 2 aromatic rings. The summed E-state index contributed by atoms with van der Waals surface area (Å²) in [6, 6.07) is 9.72. The van der Waals surface area contributed by atoms with Gasteiger partial charge in [0.05, 0.1) is 6.61 Å². The van der Waals surface area contributed by atoms with Gasteiger partial charge in [-0.1, -0.05) is 23.4 Å². The van der Waals surface area contributed by atoms with Crippen molar-refractivity contribution in [2.24, 2.45) is 0 Å². The number of nitrogens with one attached hydrogen (secondary N) is 1. The number of hydrogen-bond acceptors (Lipinski definition) is 5. The summed E-state index contributed by atoms with van der Waals surface area (Å²) in [6.45, 7) is 2.29. The first-order valence-electron chi connectivity index (χ1n) is 5.65. The lowest BCUT2D eigenvalue weighted by Gasteiger charge is -2.20. The quantitative estimate of drug-likeness (QED) is 0.846. The lowest BCUT2D eigenvalue weighted by molar-refractivity contribution is 0.0208. The van der Waals surface area contributed by atoms with E-state index in [1.807, 2.05) is 30.3 Å². The third-order valence-corrected chi connectivity index (χ3v) is 2.68. The second-order valence-electron chi connectivity index (χ2n) is 3.89. The van der Waals surface area contributed by atoms with E-state index >= 15 is 0 Å². The predicted molar refractivity (Wildman–Crippen MR) is 61.3 cm³/mol. The maximum atomic E-state index is 5.57. The largest absolute Gasteiger partial charge is 0.367 e. The van der Waals surface area contributed by atoms with Gasteiger partial charge >= 0.3 is 0 Å². The van der Waals surface area contributed by atoms with Gasteiger partial charge in [0.25, 0.3) is 5.89 Å². The minimum absolute atomic E-state index is 0.107. The van der Waals surface area contributed by atoms with Gasteiger partial charge in [-0.3, -0.25) is 0 Å². The van der Waals surface area contributed by atoms with Crippen LogP contribution in [0.3, 0.4) is 0 Å². The van der Waals surface area contributed by atoms with Crippen LogP contribution in [0.1, 0.15) is 11.9 Å². The number of aromatic nitrogens is 2. The molecule has 3 rings (SSSR count). The molecule has 0 bridgehead atoms. The summed E-state index contributed by atoms with van der Waals surface area (Å²) in [5.41, 5.74) is 0.926. The van der Waals surface area contributed by atoms with Crippen molar-refractivity contribution in [3.63, 3.8) is 0 Å². The molecule has 1 aliphatic heterocycles. The first-order chi connectivity index (χ1) is 8.43. The SMILES string of the molecule is c1ccc(-c2nc([C@@H]3CNCCO3)no2)cc1. The molecular weight excluding hydrogens is 218 g/mol. The van der Waals surface area contributed by atoms with E-state index in [4.69, 9.17) is 9.26 Å². The van der Waals surface area contributed by atoms with Crippen LogP contribution in [0.2, 0.25) is 0 Å². The van der Waals surface area contributed by atoms with Gasteiger partial charge in [0.1, 0.15) is 6.10 Å². The molecule has 0 aliphatic carbocycles. The zero-order valence-corrected chi connectivity index (χ0v) is 9.30. The van der Waals surface area contributed by atoms with Crippen molar-refractivity contribution in [1.82, 2.24) is 15.5 Å². The fourth-order valence-corrected chi connectivity index (χ4v) is 1.79. The van der Waals surface area contributed by atoms with E-state index in [1.54, 1.807) is 0 Å². The van der Waals surface area contributed by atoms with Gasteiger partial charge in [-0.05, 0) is 12.1 Å². The second-order valence-corrected chi connectivity index (χ2v) is 3.89. The van der Waals surface area contributed by atoms with Crippen LogP contribution < -0.4 is 5.32 Å². The van der Waals surface area contributed by atoms with Crippen molar-refractivity contribution >= 4 is 0 Å². The molecule has 0 radical (unpaired) electrons. The molecule has 1 N–H and O–H groups in total. The Kier molecular flexibility index (Phi) is 2.85. The van der Waals surface area contributed by atoms with Crippen LogP contribution in [0.15, 0.2) is 34.9 Å². The van der Waals surface area contributed by atoms with Gasteiger partial charge in [-0.2, -0.15) is 4.98 Å². The average Bonchev–Trinajstić information content (AvgIpc) is 2.90. The fraction of sp³-hybridized carbons (Fsp3) is 0.333. The summed E-state index contributed by atoms with van der Waals surface area (Å²) in [7, 11) is 0. The van der Waals surface area contributed by atoms with Crippen LogP contribution in [0.25, 0.3) is 11.5 Å². The standard InChI is InChI=1S/C12H13N3O2/c1-2-4-9(5-3-1)12-14-11(15-17-12)10-8-13-6-7-16-10/h1-5,10,13H,6-8H2/t10-/m0/s1. The van der Waals surface area contributed by atoms with E-state index in [1.165, 1.54) is 0 Å². The smallest absolute Gasteiger partial charge is 0.258 e. The summed E-state index contributed by atoms with van der Waals surface area (Å²) in [6.07, 6.45) is -0.107. The molecule has 2 heterocycles. The topological polar surface area (TPSA) is 60.2 Å². The van der Waals surface area contributed by atoms with Crippen molar-refractivity contribution in [3.05, 3.63) is 36.2 Å². The molecule has 1 aromatic heterocycles. The first-order valence-corrected chi connectivity index (χ1v) is 5.65. The van der Waals surface area contributed by atoms with Crippen molar-refractivity contribution in [2.75, 3.05) is 19.7 Å². The van der Waals surface area contributed by atoms with Gasteiger partial charge in [-0.15, -0.1) is 0 Å². The molecule has 1 aromatic carbocycles. The molecule has 1 atom stereocenters. The van der Waals surface area contributed by atoms with E-state index in [-0.39, 0.29) is 6.10 Å². The van der Waals surface area contributed by atoms with E-state index in [9.17, 15) is 0 Å². The van der Waals surface area contributed by atoms with Crippen molar-refractivity contribution < 1.29 is 9.26 Å². The number of ether oxygens (including phenoxy) is 1. The van der Waals surface area contributed by atoms with Gasteiger partial charge in [0.15, 0.2) is 0 Å². The zero-order chi connectivity index (χ0) is 11.5. The molecule has 1 fully saturated rings. The molecular formula is C12H13N3O2. The number of nitrogens with zero attached hydrogens (tertiary/aromatic N) is 2. The summed E-state index contributed by atoms with van der Waals surface area (Å²) < 4.78 is 10.8. The maximum absolute atomic E-state index is 5.57. The van der Waals surface area contributed by atoms with E-state index in [0.29, 0.717) is 18.3 Å². The van der Waals surface area contributed by atoms with Crippen LogP contribution in [0.4, 0.5) is 0 Å². The Hall–Kier alpha value is -1.72. The second kappa shape index (κ2) is 4.65. The summed E-state index contributed by atoms with van der Waals surface area (Å²) in [5.74, 6) is 1.14. The average molecular weight is 231 g/mol. The summed E-state index contributed by atoms with van der Waals surface area (Å²) >= 11 is 0. The van der Waals surface area contributed by atoms with Crippen molar-refractivity contribution in [2.45, 2.75) is 6.10 Å². The molecule has 5 nitrogen and oxygen atoms in total. The summed E-state index contributed by atoms with van der Waals surface area (Å²) in [5, 5.41) is 7.20. The molecule has 88 valence electrons. The molecule has 5 heteroatoms. The molecule has 1 saturated heterocycles. The van der Waals surface area contributed by atoms with E-state index in [2.05, 4.69) is 15.5 Å². The summed E-state index contributed by atoms with van der Waals surface area (Å²) in [4.78, 5) is 4.36. The van der Waals surface area contributed by atoms with Crippen LogP contribution in [-0.2, 0) is 4.74 Å². The highest BCUT2D eigenvalue weighted by Crippen LogP contribution is 2.21. The first kappa shape index (κ1) is 10.4. The Morgan fingerprint density at radius 1 is 1.24 bits per heavy atom. The Morgan fingerprint density at radius 2 is 2.12 bits per heavy atom. The molecule has 17 heavy (non-hydrogen) atoms. The van der Waals surface area contributed by atoms with Crippen LogP contribution in [0.5, 0.6) is 0 Å². The Labute approximate surface area is 98.8 Å². The highest BCUT2D eigenvalue weighted by Gasteiger charge is 2.21. The Balaban J connectivity index is 1.83. The lowest BCUT2D eigenvalue weighted by Crippen LogP contribution is -2.33. The minimum Gasteiger partial charge on any atom is -0.367 e. The maximum Gasteiger partial charge on any atom is 0.258 e. The molecule has 0 amide bonds. The van der Waals surface area contributed by atoms with Crippen molar-refractivity contribution in [1.29, 1.82) is 0 Å². The van der Waals surface area contributed by atoms with Crippen LogP contribution >= 0.6 is 0 Å². The Morgan fingerprint density at radius 3 is 2.88 bits per heavy atom. The highest BCUT2D eigenvalue weighted by molar-refractivity contribution is 5.52. The van der Waals surface area contributed by atoms with Gasteiger partial charge in [0, 0.05) is 18.7 Å². The number of morpholine rings is 1. The molecule has 0 unspecified atom stereocenters. The number of rotatable bonds is 2. The van der Waals surface area contributed by atoms with E-state index in [0.717, 1.165) is 18.7 Å². The molecule has 1 aliphatic rings. The van der Waals surface area contributed by atoms with Gasteiger partial charge < -0.3 is 14.6 Å². The van der Waals surface area contributed by atoms with Crippen molar-refractivity contribution in [3.8, 4) is 11.5 Å². The normalized spacial score (nSPS) is 20.4. The molecule has 0 saturated carbocycles. The lowest BCUT2D eigenvalue weighted by atomic mass is 10.2. The fourth-order valence-electron chi connectivity index (χ4n) is 1.79.